The largest absolute Gasteiger partial charge is 0.347 e. The number of carbonyl (C=O) groups is 1. The lowest BCUT2D eigenvalue weighted by atomic mass is 10.2. The molecule has 0 atom stereocenters. The second kappa shape index (κ2) is 6.19. The molecular weight excluding hydrogens is 401 g/mol. The Labute approximate surface area is 131 Å². The summed E-state index contributed by atoms with van der Waals surface area (Å²) in [5, 5.41) is 5.26. The fourth-order valence-electron chi connectivity index (χ4n) is 1.38. The van der Waals surface area contributed by atoms with E-state index in [0.29, 0.717) is 17.1 Å². The van der Waals surface area contributed by atoms with Crippen molar-refractivity contribution >= 4 is 60.7 Å². The van der Waals surface area contributed by atoms with E-state index in [1.165, 1.54) is 0 Å². The van der Waals surface area contributed by atoms with Crippen LogP contribution in [0.15, 0.2) is 38.6 Å². The molecule has 0 unspecified atom stereocenters. The van der Waals surface area contributed by atoms with E-state index in [4.69, 9.17) is 11.6 Å². The van der Waals surface area contributed by atoms with Gasteiger partial charge in [-0.25, -0.2) is 0 Å². The summed E-state index contributed by atoms with van der Waals surface area (Å²) in [5.74, 6) is -0.169. The van der Waals surface area contributed by atoms with E-state index in [1.54, 1.807) is 29.5 Å². The molecule has 18 heavy (non-hydrogen) atoms. The number of nitrogens with one attached hydrogen (secondary N) is 1. The van der Waals surface area contributed by atoms with Gasteiger partial charge in [0, 0.05) is 19.2 Å². The van der Waals surface area contributed by atoms with Crippen molar-refractivity contribution in [3.8, 4) is 0 Å². The summed E-state index contributed by atoms with van der Waals surface area (Å²) in [6, 6.07) is 7.18. The van der Waals surface area contributed by atoms with E-state index in [1.807, 2.05) is 11.4 Å². The van der Waals surface area contributed by atoms with Gasteiger partial charge in [0.25, 0.3) is 5.91 Å². The predicted molar refractivity (Wildman–Crippen MR) is 82.3 cm³/mol. The molecule has 0 aliphatic carbocycles. The zero-order valence-corrected chi connectivity index (χ0v) is 13.8. The van der Waals surface area contributed by atoms with Crippen LogP contribution in [0.2, 0.25) is 5.02 Å². The molecule has 1 aromatic carbocycles. The third-order valence-corrected chi connectivity index (χ3v) is 4.72. The van der Waals surface area contributed by atoms with Gasteiger partial charge >= 0.3 is 0 Å². The number of carbonyl (C=O) groups excluding carboxylic acids is 1. The van der Waals surface area contributed by atoms with Gasteiger partial charge in [-0.15, -0.1) is 11.3 Å². The summed E-state index contributed by atoms with van der Waals surface area (Å²) in [5.41, 5.74) is 0.482. The Kier molecular flexibility index (Phi) is 4.84. The smallest absolute Gasteiger partial charge is 0.253 e. The summed E-state index contributed by atoms with van der Waals surface area (Å²) in [4.78, 5) is 13.0. The minimum atomic E-state index is -0.169. The van der Waals surface area contributed by atoms with Crippen molar-refractivity contribution in [1.82, 2.24) is 5.32 Å². The molecule has 0 bridgehead atoms. The van der Waals surface area contributed by atoms with E-state index in [2.05, 4.69) is 37.2 Å². The molecule has 1 aromatic heterocycles. The number of hydrogen-bond acceptors (Lipinski definition) is 2. The zero-order valence-electron chi connectivity index (χ0n) is 9.04. The lowest BCUT2D eigenvalue weighted by Crippen LogP contribution is -2.22. The van der Waals surface area contributed by atoms with Crippen LogP contribution in [-0.4, -0.2) is 5.91 Å². The maximum atomic E-state index is 11.9. The molecule has 1 heterocycles. The van der Waals surface area contributed by atoms with Crippen molar-refractivity contribution in [3.05, 3.63) is 54.1 Å². The van der Waals surface area contributed by atoms with E-state index >= 15 is 0 Å². The zero-order chi connectivity index (χ0) is 13.1. The Morgan fingerprint density at radius 2 is 2.06 bits per heavy atom. The van der Waals surface area contributed by atoms with Gasteiger partial charge in [0.05, 0.1) is 17.1 Å². The molecule has 6 heteroatoms. The van der Waals surface area contributed by atoms with Crippen molar-refractivity contribution in [1.29, 1.82) is 0 Å². The molecular formula is C12H8Br2ClNOS. The van der Waals surface area contributed by atoms with Gasteiger partial charge < -0.3 is 5.32 Å². The van der Waals surface area contributed by atoms with Crippen LogP contribution in [-0.2, 0) is 6.54 Å². The Hall–Kier alpha value is -0.360. The topological polar surface area (TPSA) is 29.1 Å². The third kappa shape index (κ3) is 3.57. The molecule has 1 amide bonds. The predicted octanol–water partition coefficient (Wildman–Crippen LogP) is 4.86. The Morgan fingerprint density at radius 3 is 2.67 bits per heavy atom. The van der Waals surface area contributed by atoms with Gasteiger partial charge in [-0.05, 0) is 40.2 Å². The highest BCUT2D eigenvalue weighted by atomic mass is 79.9. The molecule has 2 rings (SSSR count). The van der Waals surface area contributed by atoms with Gasteiger partial charge in [-0.2, -0.15) is 0 Å². The second-order valence-corrected chi connectivity index (χ2v) is 6.77. The van der Waals surface area contributed by atoms with Crippen molar-refractivity contribution < 1.29 is 4.79 Å². The number of hydrogen-bond donors (Lipinski definition) is 1. The number of rotatable bonds is 3. The first-order valence-electron chi connectivity index (χ1n) is 5.02. The van der Waals surface area contributed by atoms with Gasteiger partial charge in [-0.1, -0.05) is 27.5 Å². The Morgan fingerprint density at radius 1 is 1.28 bits per heavy atom. The van der Waals surface area contributed by atoms with Gasteiger partial charge in [0.2, 0.25) is 0 Å². The molecule has 0 aliphatic rings. The first-order chi connectivity index (χ1) is 8.56. The number of halogens is 3. The molecule has 0 aliphatic heterocycles. The highest BCUT2D eigenvalue weighted by Gasteiger charge is 2.10. The monoisotopic (exact) mass is 407 g/mol. The van der Waals surface area contributed by atoms with Crippen LogP contribution >= 0.6 is 54.8 Å². The van der Waals surface area contributed by atoms with Crippen LogP contribution in [0.4, 0.5) is 0 Å². The lowest BCUT2D eigenvalue weighted by molar-refractivity contribution is 0.0951. The third-order valence-electron chi connectivity index (χ3n) is 2.22. The van der Waals surface area contributed by atoms with Crippen LogP contribution in [0.5, 0.6) is 0 Å². The van der Waals surface area contributed by atoms with Gasteiger partial charge in [-0.3, -0.25) is 4.79 Å². The van der Waals surface area contributed by atoms with E-state index in [9.17, 15) is 4.79 Å². The summed E-state index contributed by atoms with van der Waals surface area (Å²) in [7, 11) is 0. The Balaban J connectivity index is 2.03. The number of amides is 1. The maximum absolute atomic E-state index is 11.9. The Bertz CT molecular complexity index is 585. The van der Waals surface area contributed by atoms with Gasteiger partial charge in [0.1, 0.15) is 0 Å². The summed E-state index contributed by atoms with van der Waals surface area (Å²) in [6.07, 6.45) is 0. The number of thiophene rings is 1. The molecule has 0 spiro atoms. The molecule has 2 nitrogen and oxygen atoms in total. The van der Waals surface area contributed by atoms with E-state index in [0.717, 1.165) is 13.8 Å². The van der Waals surface area contributed by atoms with Crippen molar-refractivity contribution in [2.75, 3.05) is 0 Å². The maximum Gasteiger partial charge on any atom is 0.253 e. The first kappa shape index (κ1) is 14.1. The minimum Gasteiger partial charge on any atom is -0.347 e. The normalized spacial score (nSPS) is 10.4. The number of benzene rings is 1. The molecule has 0 saturated heterocycles. The molecule has 1 N–H and O–H groups in total. The molecule has 0 fully saturated rings. The minimum absolute atomic E-state index is 0.169. The fraction of sp³-hybridized carbons (Fsp3) is 0.0833. The van der Waals surface area contributed by atoms with Gasteiger partial charge in [0.15, 0.2) is 0 Å². The van der Waals surface area contributed by atoms with Crippen LogP contribution in [0, 0.1) is 0 Å². The average Bonchev–Trinajstić information content (AvgIpc) is 2.72. The molecule has 2 aromatic rings. The van der Waals surface area contributed by atoms with Crippen molar-refractivity contribution in [2.24, 2.45) is 0 Å². The quantitative estimate of drug-likeness (QED) is 0.771. The average molecular weight is 410 g/mol. The van der Waals surface area contributed by atoms with Crippen LogP contribution in [0.3, 0.4) is 0 Å². The highest BCUT2D eigenvalue weighted by Crippen LogP contribution is 2.22. The SMILES string of the molecule is O=C(NCc1cc(Br)cs1)c1ccc(Br)cc1Cl. The lowest BCUT2D eigenvalue weighted by Gasteiger charge is -2.05. The highest BCUT2D eigenvalue weighted by molar-refractivity contribution is 9.10. The summed E-state index contributed by atoms with van der Waals surface area (Å²) in [6.45, 7) is 0.501. The first-order valence-corrected chi connectivity index (χ1v) is 7.87. The van der Waals surface area contributed by atoms with E-state index < -0.39 is 0 Å². The van der Waals surface area contributed by atoms with Crippen molar-refractivity contribution in [3.63, 3.8) is 0 Å². The summed E-state index contributed by atoms with van der Waals surface area (Å²) >= 11 is 14.3. The standard InChI is InChI=1S/C12H8Br2ClNOS/c13-7-1-2-10(11(15)4-7)12(17)16-5-9-3-8(14)6-18-9/h1-4,6H,5H2,(H,16,17). The molecule has 94 valence electrons. The van der Waals surface area contributed by atoms with Crippen LogP contribution in [0.25, 0.3) is 0 Å². The van der Waals surface area contributed by atoms with Crippen molar-refractivity contribution in [2.45, 2.75) is 6.54 Å². The van der Waals surface area contributed by atoms with Crippen LogP contribution in [0.1, 0.15) is 15.2 Å². The fourth-order valence-corrected chi connectivity index (χ4v) is 3.53. The molecule has 0 radical (unpaired) electrons. The van der Waals surface area contributed by atoms with E-state index in [-0.39, 0.29) is 5.91 Å². The second-order valence-electron chi connectivity index (χ2n) is 3.54. The summed E-state index contributed by atoms with van der Waals surface area (Å²) < 4.78 is 1.88. The van der Waals surface area contributed by atoms with Crippen LogP contribution < -0.4 is 5.32 Å². The molecule has 0 saturated carbocycles.